The average Bonchev–Trinajstić information content (AvgIpc) is 3.02. The highest BCUT2D eigenvalue weighted by atomic mass is 16.6. The van der Waals surface area contributed by atoms with Gasteiger partial charge in [-0.3, -0.25) is 0 Å². The Hall–Kier alpha value is -1.22. The van der Waals surface area contributed by atoms with Gasteiger partial charge < -0.3 is 14.8 Å². The molecule has 2 unspecified atom stereocenters. The summed E-state index contributed by atoms with van der Waals surface area (Å²) >= 11 is 0. The highest BCUT2D eigenvalue weighted by Crippen LogP contribution is 2.35. The molecule has 3 heteroatoms. The highest BCUT2D eigenvalue weighted by molar-refractivity contribution is 5.40. The molecule has 0 aromatic heterocycles. The van der Waals surface area contributed by atoms with Crippen LogP contribution in [0, 0.1) is 5.92 Å². The topological polar surface area (TPSA) is 30.5 Å². The first-order valence-electron chi connectivity index (χ1n) is 8.00. The molecule has 0 saturated heterocycles. The van der Waals surface area contributed by atoms with E-state index in [2.05, 4.69) is 12.2 Å². The molecule has 3 rings (SSSR count). The third kappa shape index (κ3) is 2.93. The summed E-state index contributed by atoms with van der Waals surface area (Å²) in [6, 6.07) is 8.41. The van der Waals surface area contributed by atoms with Gasteiger partial charge in [-0.15, -0.1) is 0 Å². The van der Waals surface area contributed by atoms with E-state index in [1.165, 1.54) is 25.7 Å². The van der Waals surface area contributed by atoms with Gasteiger partial charge in [-0.05, 0) is 43.9 Å². The highest BCUT2D eigenvalue weighted by Gasteiger charge is 2.35. The molecule has 1 aliphatic carbocycles. The van der Waals surface area contributed by atoms with Gasteiger partial charge in [0.15, 0.2) is 11.5 Å². The lowest BCUT2D eigenvalue weighted by Gasteiger charge is -2.35. The van der Waals surface area contributed by atoms with Gasteiger partial charge in [-0.2, -0.15) is 0 Å². The van der Waals surface area contributed by atoms with E-state index in [9.17, 15) is 0 Å². The summed E-state index contributed by atoms with van der Waals surface area (Å²) in [4.78, 5) is 0. The molecule has 1 N–H and O–H groups in total. The van der Waals surface area contributed by atoms with Crippen molar-refractivity contribution in [3.8, 4) is 11.5 Å². The molecular weight excluding hydrogens is 250 g/mol. The molecule has 0 bridgehead atoms. The lowest BCUT2D eigenvalue weighted by atomic mass is 9.93. The maximum absolute atomic E-state index is 6.22. The van der Waals surface area contributed by atoms with Crippen LogP contribution in [0.2, 0.25) is 0 Å². The van der Waals surface area contributed by atoms with Gasteiger partial charge in [0.05, 0.1) is 6.04 Å². The third-order valence-electron chi connectivity index (χ3n) is 4.47. The summed E-state index contributed by atoms with van der Waals surface area (Å²) in [6.07, 6.45) is 6.66. The van der Waals surface area contributed by atoms with Crippen LogP contribution < -0.4 is 14.8 Å². The SMILES string of the molecule is CCCNC(C1CCCC1)C1COc2ccccc2O1. The molecule has 2 atom stereocenters. The zero-order valence-corrected chi connectivity index (χ0v) is 12.3. The Bertz CT molecular complexity index is 429. The summed E-state index contributed by atoms with van der Waals surface area (Å²) in [5.41, 5.74) is 0. The number of fused-ring (bicyclic) bond motifs is 1. The van der Waals surface area contributed by atoms with Crippen molar-refractivity contribution in [2.45, 2.75) is 51.2 Å². The van der Waals surface area contributed by atoms with E-state index in [4.69, 9.17) is 9.47 Å². The Morgan fingerprint density at radius 2 is 1.95 bits per heavy atom. The normalized spacial score (nSPS) is 23.8. The van der Waals surface area contributed by atoms with Gasteiger partial charge in [-0.25, -0.2) is 0 Å². The van der Waals surface area contributed by atoms with Crippen molar-refractivity contribution in [2.75, 3.05) is 13.2 Å². The third-order valence-corrected chi connectivity index (χ3v) is 4.47. The zero-order valence-electron chi connectivity index (χ0n) is 12.3. The van der Waals surface area contributed by atoms with Gasteiger partial charge in [-0.1, -0.05) is 31.9 Å². The van der Waals surface area contributed by atoms with Crippen LogP contribution in [-0.4, -0.2) is 25.3 Å². The van der Waals surface area contributed by atoms with E-state index >= 15 is 0 Å². The lowest BCUT2D eigenvalue weighted by Crippen LogP contribution is -2.51. The summed E-state index contributed by atoms with van der Waals surface area (Å²) < 4.78 is 12.1. The van der Waals surface area contributed by atoms with Crippen LogP contribution >= 0.6 is 0 Å². The van der Waals surface area contributed by atoms with Crippen molar-refractivity contribution in [2.24, 2.45) is 5.92 Å². The maximum Gasteiger partial charge on any atom is 0.161 e. The van der Waals surface area contributed by atoms with E-state index in [-0.39, 0.29) is 6.10 Å². The molecule has 0 radical (unpaired) electrons. The van der Waals surface area contributed by atoms with Crippen molar-refractivity contribution in [3.05, 3.63) is 24.3 Å². The van der Waals surface area contributed by atoms with Crippen molar-refractivity contribution in [3.63, 3.8) is 0 Å². The predicted molar refractivity (Wildman–Crippen MR) is 80.4 cm³/mol. The zero-order chi connectivity index (χ0) is 13.8. The fourth-order valence-electron chi connectivity index (χ4n) is 3.44. The van der Waals surface area contributed by atoms with E-state index in [0.717, 1.165) is 30.4 Å². The number of ether oxygens (including phenoxy) is 2. The predicted octanol–water partition coefficient (Wildman–Crippen LogP) is 3.38. The van der Waals surface area contributed by atoms with Gasteiger partial charge >= 0.3 is 0 Å². The molecule has 3 nitrogen and oxygen atoms in total. The minimum absolute atomic E-state index is 0.138. The minimum Gasteiger partial charge on any atom is -0.486 e. The molecule has 1 aromatic rings. The molecule has 2 aliphatic rings. The monoisotopic (exact) mass is 275 g/mol. The largest absolute Gasteiger partial charge is 0.486 e. The summed E-state index contributed by atoms with van der Waals surface area (Å²) in [7, 11) is 0. The van der Waals surface area contributed by atoms with Gasteiger partial charge in [0.25, 0.3) is 0 Å². The first-order chi connectivity index (χ1) is 9.88. The van der Waals surface area contributed by atoms with Crippen molar-refractivity contribution in [1.29, 1.82) is 0 Å². The standard InChI is InChI=1S/C17H25NO2/c1-2-11-18-17(13-7-3-4-8-13)16-12-19-14-9-5-6-10-15(14)20-16/h5-6,9-10,13,16-18H,2-4,7-8,11-12H2,1H3. The molecule has 20 heavy (non-hydrogen) atoms. The quantitative estimate of drug-likeness (QED) is 0.893. The van der Waals surface area contributed by atoms with E-state index in [0.29, 0.717) is 12.6 Å². The molecule has 1 aliphatic heterocycles. The van der Waals surface area contributed by atoms with Crippen LogP contribution in [0.5, 0.6) is 11.5 Å². The lowest BCUT2D eigenvalue weighted by molar-refractivity contribution is 0.0443. The van der Waals surface area contributed by atoms with Gasteiger partial charge in [0.1, 0.15) is 12.7 Å². The summed E-state index contributed by atoms with van der Waals surface area (Å²) in [5.74, 6) is 2.51. The molecule has 0 amide bonds. The Kier molecular flexibility index (Phi) is 4.46. The molecule has 1 saturated carbocycles. The Morgan fingerprint density at radius 3 is 2.70 bits per heavy atom. The number of hydrogen-bond donors (Lipinski definition) is 1. The molecule has 110 valence electrons. The van der Waals surface area contributed by atoms with Crippen LogP contribution in [0.15, 0.2) is 24.3 Å². The Morgan fingerprint density at radius 1 is 1.20 bits per heavy atom. The fraction of sp³-hybridized carbons (Fsp3) is 0.647. The smallest absolute Gasteiger partial charge is 0.161 e. The average molecular weight is 275 g/mol. The second-order valence-electron chi connectivity index (χ2n) is 5.94. The second kappa shape index (κ2) is 6.49. The van der Waals surface area contributed by atoms with Crippen LogP contribution in [-0.2, 0) is 0 Å². The Labute approximate surface area is 121 Å². The molecule has 1 aromatic carbocycles. The number of benzene rings is 1. The first-order valence-corrected chi connectivity index (χ1v) is 8.00. The van der Waals surface area contributed by atoms with E-state index in [1.807, 2.05) is 24.3 Å². The number of hydrogen-bond acceptors (Lipinski definition) is 3. The van der Waals surface area contributed by atoms with Crippen LogP contribution in [0.25, 0.3) is 0 Å². The molecule has 0 spiro atoms. The van der Waals surface area contributed by atoms with Crippen LogP contribution in [0.3, 0.4) is 0 Å². The van der Waals surface area contributed by atoms with Crippen molar-refractivity contribution < 1.29 is 9.47 Å². The Balaban J connectivity index is 1.71. The molecule has 1 heterocycles. The summed E-state index contributed by atoms with van der Waals surface area (Å²) in [5, 5.41) is 3.71. The minimum atomic E-state index is 0.138. The van der Waals surface area contributed by atoms with Gasteiger partial charge in [0.2, 0.25) is 0 Å². The fourth-order valence-corrected chi connectivity index (χ4v) is 3.44. The number of para-hydroxylation sites is 2. The van der Waals surface area contributed by atoms with Gasteiger partial charge in [0, 0.05) is 0 Å². The summed E-state index contributed by atoms with van der Waals surface area (Å²) in [6.45, 7) is 3.93. The van der Waals surface area contributed by atoms with Crippen LogP contribution in [0.1, 0.15) is 39.0 Å². The van der Waals surface area contributed by atoms with E-state index < -0.39 is 0 Å². The second-order valence-corrected chi connectivity index (χ2v) is 5.94. The van der Waals surface area contributed by atoms with E-state index in [1.54, 1.807) is 0 Å². The van der Waals surface area contributed by atoms with Crippen molar-refractivity contribution >= 4 is 0 Å². The number of rotatable bonds is 5. The first kappa shape index (κ1) is 13.7. The maximum atomic E-state index is 6.22. The van der Waals surface area contributed by atoms with Crippen molar-refractivity contribution in [1.82, 2.24) is 5.32 Å². The van der Waals surface area contributed by atoms with Crippen LogP contribution in [0.4, 0.5) is 0 Å². The number of nitrogens with one attached hydrogen (secondary N) is 1. The molecule has 1 fully saturated rings. The molecular formula is C17H25NO2.